The van der Waals surface area contributed by atoms with Crippen molar-refractivity contribution in [2.24, 2.45) is 0 Å². The highest BCUT2D eigenvalue weighted by Gasteiger charge is 2.28. The van der Waals surface area contributed by atoms with Crippen LogP contribution in [0.3, 0.4) is 0 Å². The predicted molar refractivity (Wildman–Crippen MR) is 87.1 cm³/mol. The Balaban J connectivity index is 1.62. The maximum absolute atomic E-state index is 12.3. The van der Waals surface area contributed by atoms with Gasteiger partial charge in [0.15, 0.2) is 12.3 Å². The molecule has 0 saturated carbocycles. The fourth-order valence-corrected chi connectivity index (χ4v) is 2.65. The van der Waals surface area contributed by atoms with Crippen LogP contribution in [0.25, 0.3) is 0 Å². The molecule has 1 amide bonds. The molecule has 0 unspecified atom stereocenters. The van der Waals surface area contributed by atoms with Crippen molar-refractivity contribution in [1.29, 1.82) is 0 Å². The number of amides is 1. The van der Waals surface area contributed by atoms with Gasteiger partial charge < -0.3 is 15.4 Å². The predicted octanol–water partition coefficient (Wildman–Crippen LogP) is 2.40. The van der Waals surface area contributed by atoms with Crippen LogP contribution < -0.4 is 15.4 Å². The number of hydrogen-bond acceptors (Lipinski definition) is 5. The Morgan fingerprint density at radius 3 is 2.85 bits per heavy atom. The average Bonchev–Trinajstić information content (AvgIpc) is 3.11. The molecule has 26 heavy (non-hydrogen) atoms. The van der Waals surface area contributed by atoms with Gasteiger partial charge in [0.2, 0.25) is 0 Å². The molecule has 7 nitrogen and oxygen atoms in total. The van der Waals surface area contributed by atoms with Gasteiger partial charge in [-0.25, -0.2) is 4.68 Å². The normalized spacial score (nSPS) is 15.7. The van der Waals surface area contributed by atoms with Crippen LogP contribution in [0.4, 0.5) is 18.9 Å². The van der Waals surface area contributed by atoms with Crippen LogP contribution >= 0.6 is 0 Å². The molecule has 0 aliphatic carbocycles. The highest BCUT2D eigenvalue weighted by molar-refractivity contribution is 6.02. The fraction of sp³-hybridized carbons (Fsp3) is 0.438. The number of hydrogen-bond donors (Lipinski definition) is 2. The van der Waals surface area contributed by atoms with Gasteiger partial charge in [-0.15, -0.1) is 5.10 Å². The lowest BCUT2D eigenvalue weighted by molar-refractivity contribution is -0.153. The summed E-state index contributed by atoms with van der Waals surface area (Å²) in [6.07, 6.45) is -1.03. The molecule has 1 aliphatic heterocycles. The summed E-state index contributed by atoms with van der Waals surface area (Å²) < 4.78 is 43.0. The van der Waals surface area contributed by atoms with Gasteiger partial charge >= 0.3 is 6.18 Å². The molecular weight excluding hydrogens is 351 g/mol. The fourth-order valence-electron chi connectivity index (χ4n) is 2.65. The second-order valence-electron chi connectivity index (χ2n) is 5.95. The van der Waals surface area contributed by atoms with E-state index in [2.05, 4.69) is 25.7 Å². The number of ether oxygens (including phenoxy) is 1. The van der Waals surface area contributed by atoms with Gasteiger partial charge in [0.05, 0.1) is 12.2 Å². The minimum Gasteiger partial charge on any atom is -0.484 e. The lowest BCUT2D eigenvalue weighted by Crippen LogP contribution is -2.29. The van der Waals surface area contributed by atoms with Crippen molar-refractivity contribution >= 4 is 11.6 Å². The number of nitrogens with zero attached hydrogens (tertiary/aromatic N) is 3. The summed E-state index contributed by atoms with van der Waals surface area (Å²) in [4.78, 5) is 12.3. The zero-order valence-corrected chi connectivity index (χ0v) is 13.8. The van der Waals surface area contributed by atoms with Crippen molar-refractivity contribution in [2.75, 3.05) is 25.0 Å². The van der Waals surface area contributed by atoms with E-state index in [4.69, 9.17) is 0 Å². The van der Waals surface area contributed by atoms with Crippen molar-refractivity contribution in [3.63, 3.8) is 0 Å². The average molecular weight is 369 g/mol. The quantitative estimate of drug-likeness (QED) is 0.846. The van der Waals surface area contributed by atoms with Crippen LogP contribution in [-0.2, 0) is 0 Å². The molecule has 0 radical (unpaired) electrons. The largest absolute Gasteiger partial charge is 0.484 e. The molecule has 10 heteroatoms. The first kappa shape index (κ1) is 18.2. The van der Waals surface area contributed by atoms with E-state index in [1.54, 1.807) is 16.9 Å². The van der Waals surface area contributed by atoms with Gasteiger partial charge in [-0.3, -0.25) is 4.79 Å². The first-order valence-electron chi connectivity index (χ1n) is 8.14. The number of rotatable bonds is 5. The second kappa shape index (κ2) is 7.73. The molecule has 140 valence electrons. The summed E-state index contributed by atoms with van der Waals surface area (Å²) in [5, 5.41) is 13.7. The van der Waals surface area contributed by atoms with Gasteiger partial charge in [0.1, 0.15) is 5.75 Å². The van der Waals surface area contributed by atoms with Gasteiger partial charge in [-0.2, -0.15) is 13.2 Å². The first-order valence-corrected chi connectivity index (χ1v) is 8.14. The van der Waals surface area contributed by atoms with E-state index < -0.39 is 18.7 Å². The highest BCUT2D eigenvalue weighted by Crippen LogP contribution is 2.22. The van der Waals surface area contributed by atoms with Gasteiger partial charge in [-0.05, 0) is 38.1 Å². The topological polar surface area (TPSA) is 81.1 Å². The van der Waals surface area contributed by atoms with Crippen LogP contribution in [0.5, 0.6) is 5.75 Å². The Bertz CT molecular complexity index is 756. The van der Waals surface area contributed by atoms with E-state index in [0.29, 0.717) is 5.69 Å². The second-order valence-corrected chi connectivity index (χ2v) is 5.95. The summed E-state index contributed by atoms with van der Waals surface area (Å²) in [6, 6.07) is 5.95. The van der Waals surface area contributed by atoms with Gasteiger partial charge in [-0.1, -0.05) is 11.3 Å². The van der Waals surface area contributed by atoms with Gasteiger partial charge in [0, 0.05) is 11.8 Å². The van der Waals surface area contributed by atoms with Crippen LogP contribution in [0.1, 0.15) is 29.4 Å². The Kier molecular flexibility index (Phi) is 5.40. The molecule has 0 bridgehead atoms. The summed E-state index contributed by atoms with van der Waals surface area (Å²) in [5.41, 5.74) is 0.455. The maximum atomic E-state index is 12.3. The molecule has 1 fully saturated rings. The third-order valence-electron chi connectivity index (χ3n) is 3.92. The van der Waals surface area contributed by atoms with Crippen molar-refractivity contribution in [3.8, 4) is 5.75 Å². The summed E-state index contributed by atoms with van der Waals surface area (Å²) in [7, 11) is 0. The number of aromatic nitrogens is 3. The molecule has 1 saturated heterocycles. The van der Waals surface area contributed by atoms with E-state index in [1.165, 1.54) is 18.2 Å². The van der Waals surface area contributed by atoms with E-state index in [9.17, 15) is 18.0 Å². The number of benzene rings is 1. The lowest BCUT2D eigenvalue weighted by Gasteiger charge is -2.22. The Morgan fingerprint density at radius 2 is 2.12 bits per heavy atom. The van der Waals surface area contributed by atoms with Crippen LogP contribution in [0, 0.1) is 0 Å². The van der Waals surface area contributed by atoms with Crippen molar-refractivity contribution in [2.45, 2.75) is 25.1 Å². The number of carbonyl (C=O) groups is 1. The number of alkyl halides is 3. The molecule has 0 spiro atoms. The van der Waals surface area contributed by atoms with Gasteiger partial charge in [0.25, 0.3) is 5.91 Å². The molecule has 2 heterocycles. The molecular formula is C16H18F3N5O2. The zero-order chi connectivity index (χ0) is 18.6. The van der Waals surface area contributed by atoms with E-state index >= 15 is 0 Å². The van der Waals surface area contributed by atoms with Crippen molar-refractivity contribution in [3.05, 3.63) is 36.2 Å². The van der Waals surface area contributed by atoms with E-state index in [0.717, 1.165) is 25.9 Å². The summed E-state index contributed by atoms with van der Waals surface area (Å²) in [5.74, 6) is -0.475. The molecule has 3 rings (SSSR count). The number of piperidine rings is 1. The van der Waals surface area contributed by atoms with E-state index in [-0.39, 0.29) is 17.5 Å². The molecule has 1 aliphatic rings. The first-order chi connectivity index (χ1) is 12.4. The zero-order valence-electron chi connectivity index (χ0n) is 13.8. The summed E-state index contributed by atoms with van der Waals surface area (Å²) in [6.45, 7) is 0.378. The number of carbonyl (C=O) groups excluding carboxylic acids is 1. The van der Waals surface area contributed by atoms with E-state index in [1.807, 2.05) is 0 Å². The monoisotopic (exact) mass is 369 g/mol. The number of anilines is 1. The number of halogens is 3. The summed E-state index contributed by atoms with van der Waals surface area (Å²) >= 11 is 0. The third kappa shape index (κ3) is 4.94. The standard InChI is InChI=1S/C16H18F3N5O2/c17-16(18,19)10-26-13-3-1-2-11(8-13)21-15(25)14-9-24(23-22-14)12-4-6-20-7-5-12/h1-3,8-9,12,20H,4-7,10H2,(H,21,25). The molecule has 2 aromatic rings. The Labute approximate surface area is 147 Å². The van der Waals surface area contributed by atoms with Crippen molar-refractivity contribution in [1.82, 2.24) is 20.3 Å². The van der Waals surface area contributed by atoms with Crippen molar-refractivity contribution < 1.29 is 22.7 Å². The third-order valence-corrected chi connectivity index (χ3v) is 3.92. The smallest absolute Gasteiger partial charge is 0.422 e. The highest BCUT2D eigenvalue weighted by atomic mass is 19.4. The molecule has 2 N–H and O–H groups in total. The molecule has 1 aromatic carbocycles. The van der Waals surface area contributed by atoms with Crippen LogP contribution in [0.2, 0.25) is 0 Å². The molecule has 0 atom stereocenters. The number of nitrogens with one attached hydrogen (secondary N) is 2. The Morgan fingerprint density at radius 1 is 1.35 bits per heavy atom. The van der Waals surface area contributed by atoms with Crippen LogP contribution in [0.15, 0.2) is 30.5 Å². The SMILES string of the molecule is O=C(Nc1cccc(OCC(F)(F)F)c1)c1cn(C2CCNCC2)nn1. The molecule has 1 aromatic heterocycles. The minimum atomic E-state index is -4.42. The maximum Gasteiger partial charge on any atom is 0.422 e. The van der Waals surface area contributed by atoms with Crippen LogP contribution in [-0.4, -0.2) is 46.8 Å². The minimum absolute atomic E-state index is 0.0125. The lowest BCUT2D eigenvalue weighted by atomic mass is 10.1. The Hall–Kier alpha value is -2.62.